The van der Waals surface area contributed by atoms with Gasteiger partial charge < -0.3 is 14.7 Å². The fourth-order valence-corrected chi connectivity index (χ4v) is 4.64. The Labute approximate surface area is 197 Å². The molecule has 0 saturated heterocycles. The van der Waals surface area contributed by atoms with Gasteiger partial charge in [-0.1, -0.05) is 36.4 Å². The highest BCUT2D eigenvalue weighted by atomic mass is 16.5. The lowest BCUT2D eigenvalue weighted by molar-refractivity contribution is -0.137. The first-order valence-corrected chi connectivity index (χ1v) is 11.2. The van der Waals surface area contributed by atoms with Gasteiger partial charge in [0.1, 0.15) is 12.4 Å². The van der Waals surface area contributed by atoms with Crippen molar-refractivity contribution in [3.05, 3.63) is 102 Å². The number of carbonyl (C=O) groups excluding carboxylic acids is 1. The summed E-state index contributed by atoms with van der Waals surface area (Å²) in [6.45, 7) is 2.28. The number of para-hydroxylation sites is 2. The van der Waals surface area contributed by atoms with Crippen LogP contribution in [0.4, 0.5) is 5.69 Å². The van der Waals surface area contributed by atoms with Gasteiger partial charge in [-0.3, -0.25) is 14.6 Å². The highest BCUT2D eigenvalue weighted by molar-refractivity contribution is 6.08. The van der Waals surface area contributed by atoms with Crippen molar-refractivity contribution in [2.45, 2.75) is 31.9 Å². The second-order valence-electron chi connectivity index (χ2n) is 8.53. The van der Waals surface area contributed by atoms with Crippen LogP contribution in [0.3, 0.4) is 0 Å². The number of amides is 1. The van der Waals surface area contributed by atoms with Crippen molar-refractivity contribution in [3.63, 3.8) is 0 Å². The maximum Gasteiger partial charge on any atom is 0.304 e. The SMILES string of the molecule is CC1C(CC(=O)O)c2ccccc2N1C(=O)c1ccc(OCc2cnc3ccccc3c2)cc1. The highest BCUT2D eigenvalue weighted by Crippen LogP contribution is 2.43. The molecule has 2 atom stereocenters. The van der Waals surface area contributed by atoms with E-state index in [2.05, 4.69) is 11.1 Å². The molecule has 4 aromatic rings. The smallest absolute Gasteiger partial charge is 0.304 e. The predicted octanol–water partition coefficient (Wildman–Crippen LogP) is 5.42. The first-order chi connectivity index (χ1) is 16.5. The van der Waals surface area contributed by atoms with Crippen molar-refractivity contribution >= 4 is 28.5 Å². The van der Waals surface area contributed by atoms with Gasteiger partial charge in [0.15, 0.2) is 0 Å². The molecular weight excluding hydrogens is 428 g/mol. The summed E-state index contributed by atoms with van der Waals surface area (Å²) >= 11 is 0. The molecule has 3 aromatic carbocycles. The molecule has 2 heterocycles. The van der Waals surface area contributed by atoms with Crippen LogP contribution in [-0.2, 0) is 11.4 Å². The molecule has 170 valence electrons. The van der Waals surface area contributed by atoms with E-state index >= 15 is 0 Å². The Balaban J connectivity index is 1.31. The van der Waals surface area contributed by atoms with E-state index in [0.717, 1.165) is 27.7 Å². The van der Waals surface area contributed by atoms with Gasteiger partial charge in [-0.25, -0.2) is 0 Å². The quantitative estimate of drug-likeness (QED) is 0.423. The van der Waals surface area contributed by atoms with Gasteiger partial charge in [0.25, 0.3) is 5.91 Å². The summed E-state index contributed by atoms with van der Waals surface area (Å²) in [5.74, 6) is -0.610. The zero-order valence-corrected chi connectivity index (χ0v) is 18.7. The lowest BCUT2D eigenvalue weighted by Gasteiger charge is -2.25. The number of fused-ring (bicyclic) bond motifs is 2. The molecule has 5 rings (SSSR count). The summed E-state index contributed by atoms with van der Waals surface area (Å²) in [6, 6.07) is 24.3. The monoisotopic (exact) mass is 452 g/mol. The third-order valence-corrected chi connectivity index (χ3v) is 6.35. The number of benzene rings is 3. The van der Waals surface area contributed by atoms with E-state index in [4.69, 9.17) is 4.74 Å². The third-order valence-electron chi connectivity index (χ3n) is 6.35. The molecule has 6 nitrogen and oxygen atoms in total. The van der Waals surface area contributed by atoms with E-state index in [1.165, 1.54) is 0 Å². The summed E-state index contributed by atoms with van der Waals surface area (Å²) in [7, 11) is 0. The summed E-state index contributed by atoms with van der Waals surface area (Å²) in [5.41, 5.74) is 4.10. The van der Waals surface area contributed by atoms with Crippen LogP contribution < -0.4 is 9.64 Å². The average Bonchev–Trinajstić information content (AvgIpc) is 3.13. The highest BCUT2D eigenvalue weighted by Gasteiger charge is 2.39. The first kappa shape index (κ1) is 21.6. The van der Waals surface area contributed by atoms with Crippen LogP contribution in [0.5, 0.6) is 5.75 Å². The molecule has 0 saturated carbocycles. The molecule has 1 aromatic heterocycles. The zero-order chi connectivity index (χ0) is 23.7. The molecular formula is C28H24N2O4. The summed E-state index contributed by atoms with van der Waals surface area (Å²) < 4.78 is 5.91. The van der Waals surface area contributed by atoms with E-state index in [9.17, 15) is 14.7 Å². The number of hydrogen-bond acceptors (Lipinski definition) is 4. The average molecular weight is 453 g/mol. The summed E-state index contributed by atoms with van der Waals surface area (Å²) in [5, 5.41) is 10.4. The number of pyridine rings is 1. The number of nitrogens with zero attached hydrogens (tertiary/aromatic N) is 2. The molecule has 0 radical (unpaired) electrons. The van der Waals surface area contributed by atoms with Gasteiger partial charge in [0, 0.05) is 40.4 Å². The number of rotatable bonds is 6. The van der Waals surface area contributed by atoms with Crippen molar-refractivity contribution < 1.29 is 19.4 Å². The topological polar surface area (TPSA) is 79.7 Å². The molecule has 34 heavy (non-hydrogen) atoms. The number of hydrogen-bond donors (Lipinski definition) is 1. The Hall–Kier alpha value is -4.19. The summed E-state index contributed by atoms with van der Waals surface area (Å²) in [4.78, 5) is 31.0. The lowest BCUT2D eigenvalue weighted by Crippen LogP contribution is -2.37. The minimum Gasteiger partial charge on any atom is -0.489 e. The fourth-order valence-electron chi connectivity index (χ4n) is 4.64. The molecule has 0 fully saturated rings. The lowest BCUT2D eigenvalue weighted by atomic mass is 9.93. The van der Waals surface area contributed by atoms with Gasteiger partial charge in [-0.2, -0.15) is 0 Å². The van der Waals surface area contributed by atoms with Gasteiger partial charge in [0.05, 0.1) is 11.9 Å². The van der Waals surface area contributed by atoms with E-state index in [1.54, 1.807) is 35.4 Å². The molecule has 1 aliphatic heterocycles. The number of carboxylic acids is 1. The van der Waals surface area contributed by atoms with E-state index < -0.39 is 5.97 Å². The van der Waals surface area contributed by atoms with Crippen LogP contribution in [0.2, 0.25) is 0 Å². The molecule has 6 heteroatoms. The molecule has 0 bridgehead atoms. The number of ether oxygens (including phenoxy) is 1. The van der Waals surface area contributed by atoms with E-state index in [-0.39, 0.29) is 24.3 Å². The zero-order valence-electron chi connectivity index (χ0n) is 18.7. The molecule has 0 aliphatic carbocycles. The Kier molecular flexibility index (Phi) is 5.72. The normalized spacial score (nSPS) is 16.9. The largest absolute Gasteiger partial charge is 0.489 e. The molecule has 1 N–H and O–H groups in total. The minimum atomic E-state index is -0.871. The van der Waals surface area contributed by atoms with Crippen LogP contribution >= 0.6 is 0 Å². The first-order valence-electron chi connectivity index (χ1n) is 11.2. The van der Waals surface area contributed by atoms with Crippen molar-refractivity contribution in [3.8, 4) is 5.75 Å². The second kappa shape index (κ2) is 8.98. The van der Waals surface area contributed by atoms with E-state index in [0.29, 0.717) is 17.9 Å². The number of aromatic nitrogens is 1. The van der Waals surface area contributed by atoms with Crippen molar-refractivity contribution in [1.82, 2.24) is 4.98 Å². The number of carboxylic acid groups (broad SMARTS) is 1. The van der Waals surface area contributed by atoms with Crippen LogP contribution in [0, 0.1) is 0 Å². The molecule has 2 unspecified atom stereocenters. The van der Waals surface area contributed by atoms with Gasteiger partial charge >= 0.3 is 5.97 Å². The Morgan fingerprint density at radius 2 is 1.74 bits per heavy atom. The predicted molar refractivity (Wildman–Crippen MR) is 130 cm³/mol. The van der Waals surface area contributed by atoms with Crippen molar-refractivity contribution in [2.24, 2.45) is 0 Å². The standard InChI is InChI=1S/C28H24N2O4/c1-18-24(15-27(31)32)23-7-3-5-9-26(23)30(18)28(33)20-10-12-22(13-11-20)34-17-19-14-21-6-2-4-8-25(21)29-16-19/h2-14,16,18,24H,15,17H2,1H3,(H,31,32). The minimum absolute atomic E-state index is 0.0155. The number of carbonyl (C=O) groups is 2. The van der Waals surface area contributed by atoms with Gasteiger partial charge in [0.2, 0.25) is 0 Å². The van der Waals surface area contributed by atoms with Gasteiger partial charge in [-0.15, -0.1) is 0 Å². The third kappa shape index (κ3) is 4.10. The van der Waals surface area contributed by atoms with Crippen LogP contribution in [-0.4, -0.2) is 28.0 Å². The maximum atomic E-state index is 13.4. The number of aliphatic carboxylic acids is 1. The Bertz CT molecular complexity index is 1370. The molecule has 1 aliphatic rings. The molecule has 0 spiro atoms. The van der Waals surface area contributed by atoms with Gasteiger partial charge in [-0.05, 0) is 55.0 Å². The van der Waals surface area contributed by atoms with E-state index in [1.807, 2.05) is 55.5 Å². The Morgan fingerprint density at radius 3 is 2.53 bits per heavy atom. The molecule has 1 amide bonds. The van der Waals surface area contributed by atoms with Crippen LogP contribution in [0.1, 0.15) is 40.7 Å². The van der Waals surface area contributed by atoms with Crippen molar-refractivity contribution in [2.75, 3.05) is 4.90 Å². The Morgan fingerprint density at radius 1 is 1.00 bits per heavy atom. The second-order valence-corrected chi connectivity index (χ2v) is 8.53. The van der Waals surface area contributed by atoms with Crippen LogP contribution in [0.25, 0.3) is 10.9 Å². The summed E-state index contributed by atoms with van der Waals surface area (Å²) in [6.07, 6.45) is 1.79. The number of anilines is 1. The fraction of sp³-hybridized carbons (Fsp3) is 0.179. The van der Waals surface area contributed by atoms with Crippen molar-refractivity contribution in [1.29, 1.82) is 0 Å². The maximum absolute atomic E-state index is 13.4. The van der Waals surface area contributed by atoms with Crippen LogP contribution in [0.15, 0.2) is 85.1 Å².